The molecule has 2 heterocycles. The molecule has 0 aliphatic carbocycles. The predicted molar refractivity (Wildman–Crippen MR) is 93.1 cm³/mol. The quantitative estimate of drug-likeness (QED) is 0.453. The Balaban J connectivity index is 0.00000220. The molecule has 21 heavy (non-hydrogen) atoms. The minimum Gasteiger partial charge on any atom is -0.381 e. The fourth-order valence-corrected chi connectivity index (χ4v) is 2.34. The van der Waals surface area contributed by atoms with Crippen LogP contribution in [0, 0.1) is 19.8 Å². The third-order valence-corrected chi connectivity index (χ3v) is 3.74. The molecular formula is C14H25IN4O2. The van der Waals surface area contributed by atoms with Gasteiger partial charge in [0.25, 0.3) is 0 Å². The number of aryl methyl sites for hydroxylation is 2. The molecule has 2 N–H and O–H groups in total. The third kappa shape index (κ3) is 5.46. The van der Waals surface area contributed by atoms with E-state index in [1.807, 2.05) is 13.8 Å². The van der Waals surface area contributed by atoms with Gasteiger partial charge in [0, 0.05) is 38.9 Å². The van der Waals surface area contributed by atoms with Crippen LogP contribution in [0.25, 0.3) is 0 Å². The molecule has 0 saturated carbocycles. The van der Waals surface area contributed by atoms with E-state index in [1.54, 1.807) is 7.05 Å². The lowest BCUT2D eigenvalue weighted by Crippen LogP contribution is -2.40. The van der Waals surface area contributed by atoms with Gasteiger partial charge in [0.05, 0.1) is 5.69 Å². The number of guanidine groups is 1. The van der Waals surface area contributed by atoms with Gasteiger partial charge in [-0.3, -0.25) is 4.99 Å². The Bertz CT molecular complexity index is 436. The van der Waals surface area contributed by atoms with Crippen molar-refractivity contribution in [2.24, 2.45) is 10.9 Å². The lowest BCUT2D eigenvalue weighted by molar-refractivity contribution is 0.0675. The molecule has 120 valence electrons. The summed E-state index contributed by atoms with van der Waals surface area (Å²) in [7, 11) is 1.78. The Labute approximate surface area is 143 Å². The van der Waals surface area contributed by atoms with Crippen molar-refractivity contribution < 1.29 is 9.26 Å². The highest BCUT2D eigenvalue weighted by atomic mass is 127. The second kappa shape index (κ2) is 9.24. The van der Waals surface area contributed by atoms with Crippen LogP contribution < -0.4 is 10.6 Å². The van der Waals surface area contributed by atoms with E-state index in [-0.39, 0.29) is 24.0 Å². The van der Waals surface area contributed by atoms with Gasteiger partial charge in [-0.05, 0) is 32.6 Å². The van der Waals surface area contributed by atoms with Gasteiger partial charge in [0.2, 0.25) is 0 Å². The standard InChI is InChI=1S/C14H24N4O2.HI/c1-10-13(11(2)20-18-10)9-17-14(15-3)16-8-12-4-6-19-7-5-12;/h12H,4-9H2,1-3H3,(H2,15,16,17);1H. The van der Waals surface area contributed by atoms with Gasteiger partial charge >= 0.3 is 0 Å². The summed E-state index contributed by atoms with van der Waals surface area (Å²) >= 11 is 0. The van der Waals surface area contributed by atoms with Crippen LogP contribution in [0.3, 0.4) is 0 Å². The highest BCUT2D eigenvalue weighted by Crippen LogP contribution is 2.13. The van der Waals surface area contributed by atoms with Crippen molar-refractivity contribution in [1.29, 1.82) is 0 Å². The lowest BCUT2D eigenvalue weighted by atomic mass is 10.0. The van der Waals surface area contributed by atoms with Gasteiger partial charge < -0.3 is 19.9 Å². The van der Waals surface area contributed by atoms with Gasteiger partial charge in [-0.2, -0.15) is 0 Å². The van der Waals surface area contributed by atoms with Crippen LogP contribution in [0.5, 0.6) is 0 Å². The molecule has 0 spiro atoms. The first kappa shape index (κ1) is 18.2. The van der Waals surface area contributed by atoms with Gasteiger partial charge in [0.15, 0.2) is 5.96 Å². The minimum atomic E-state index is 0. The molecule has 2 rings (SSSR count). The Kier molecular flexibility index (Phi) is 8.02. The first-order valence-electron chi connectivity index (χ1n) is 7.14. The first-order valence-corrected chi connectivity index (χ1v) is 7.14. The Morgan fingerprint density at radius 1 is 1.29 bits per heavy atom. The van der Waals surface area contributed by atoms with Crippen molar-refractivity contribution in [3.8, 4) is 0 Å². The Morgan fingerprint density at radius 2 is 2.00 bits per heavy atom. The fraction of sp³-hybridized carbons (Fsp3) is 0.714. The fourth-order valence-electron chi connectivity index (χ4n) is 2.34. The number of nitrogens with one attached hydrogen (secondary N) is 2. The number of hydrogen-bond donors (Lipinski definition) is 2. The van der Waals surface area contributed by atoms with Crippen molar-refractivity contribution in [3.05, 3.63) is 17.0 Å². The topological polar surface area (TPSA) is 71.7 Å². The molecule has 1 aliphatic heterocycles. The SMILES string of the molecule is CN=C(NCc1c(C)noc1C)NCC1CCOCC1.I. The van der Waals surface area contributed by atoms with Crippen LogP contribution in [0.2, 0.25) is 0 Å². The average Bonchev–Trinajstić information content (AvgIpc) is 2.80. The number of hydrogen-bond acceptors (Lipinski definition) is 4. The van der Waals surface area contributed by atoms with Gasteiger partial charge in [-0.1, -0.05) is 5.16 Å². The van der Waals surface area contributed by atoms with Crippen molar-refractivity contribution in [1.82, 2.24) is 15.8 Å². The normalized spacial score (nSPS) is 16.4. The zero-order chi connectivity index (χ0) is 14.4. The zero-order valence-electron chi connectivity index (χ0n) is 12.9. The third-order valence-electron chi connectivity index (χ3n) is 3.74. The largest absolute Gasteiger partial charge is 0.381 e. The molecule has 0 aromatic carbocycles. The van der Waals surface area contributed by atoms with Crippen molar-refractivity contribution >= 4 is 29.9 Å². The number of rotatable bonds is 4. The monoisotopic (exact) mass is 408 g/mol. The molecule has 1 aromatic heterocycles. The summed E-state index contributed by atoms with van der Waals surface area (Å²) in [6.45, 7) is 7.23. The molecule has 0 atom stereocenters. The van der Waals surface area contributed by atoms with Crippen LogP contribution in [0.1, 0.15) is 29.9 Å². The molecule has 0 unspecified atom stereocenters. The van der Waals surface area contributed by atoms with E-state index < -0.39 is 0 Å². The molecule has 1 saturated heterocycles. The summed E-state index contributed by atoms with van der Waals surface area (Å²) in [6, 6.07) is 0. The maximum Gasteiger partial charge on any atom is 0.191 e. The summed E-state index contributed by atoms with van der Waals surface area (Å²) in [5.74, 6) is 2.34. The van der Waals surface area contributed by atoms with E-state index in [1.165, 1.54) is 0 Å². The van der Waals surface area contributed by atoms with E-state index >= 15 is 0 Å². The van der Waals surface area contributed by atoms with Crippen molar-refractivity contribution in [2.75, 3.05) is 26.8 Å². The Morgan fingerprint density at radius 3 is 2.57 bits per heavy atom. The Hall–Kier alpha value is -0.830. The second-order valence-electron chi connectivity index (χ2n) is 5.17. The average molecular weight is 408 g/mol. The second-order valence-corrected chi connectivity index (χ2v) is 5.17. The number of halogens is 1. The van der Waals surface area contributed by atoms with E-state index in [0.29, 0.717) is 12.5 Å². The van der Waals surface area contributed by atoms with Crippen LogP contribution in [-0.4, -0.2) is 37.9 Å². The van der Waals surface area contributed by atoms with Gasteiger partial charge in [-0.15, -0.1) is 24.0 Å². The van der Waals surface area contributed by atoms with Crippen LogP contribution >= 0.6 is 24.0 Å². The number of nitrogens with zero attached hydrogens (tertiary/aromatic N) is 2. The van der Waals surface area contributed by atoms with Crippen LogP contribution in [0.15, 0.2) is 9.52 Å². The van der Waals surface area contributed by atoms with E-state index in [2.05, 4.69) is 20.8 Å². The molecule has 0 radical (unpaired) electrons. The van der Waals surface area contributed by atoms with E-state index in [9.17, 15) is 0 Å². The van der Waals surface area contributed by atoms with Crippen molar-refractivity contribution in [2.45, 2.75) is 33.2 Å². The summed E-state index contributed by atoms with van der Waals surface area (Å²) in [5.41, 5.74) is 2.02. The maximum absolute atomic E-state index is 5.36. The maximum atomic E-state index is 5.36. The molecular weight excluding hydrogens is 383 g/mol. The summed E-state index contributed by atoms with van der Waals surface area (Å²) in [5, 5.41) is 10.6. The van der Waals surface area contributed by atoms with Crippen LogP contribution in [-0.2, 0) is 11.3 Å². The van der Waals surface area contributed by atoms with Crippen LogP contribution in [0.4, 0.5) is 0 Å². The smallest absolute Gasteiger partial charge is 0.191 e. The molecule has 1 fully saturated rings. The summed E-state index contributed by atoms with van der Waals surface area (Å²) in [4.78, 5) is 4.24. The minimum absolute atomic E-state index is 0. The molecule has 1 aliphatic rings. The number of aromatic nitrogens is 1. The molecule has 1 aromatic rings. The summed E-state index contributed by atoms with van der Waals surface area (Å²) in [6.07, 6.45) is 2.24. The van der Waals surface area contributed by atoms with Crippen molar-refractivity contribution in [3.63, 3.8) is 0 Å². The molecule has 7 heteroatoms. The first-order chi connectivity index (χ1) is 9.70. The predicted octanol–water partition coefficient (Wildman–Crippen LogP) is 2.00. The highest BCUT2D eigenvalue weighted by molar-refractivity contribution is 14.0. The molecule has 0 amide bonds. The van der Waals surface area contributed by atoms with Gasteiger partial charge in [0.1, 0.15) is 5.76 Å². The summed E-state index contributed by atoms with van der Waals surface area (Å²) < 4.78 is 10.5. The molecule has 0 bridgehead atoms. The number of aliphatic imine (C=N–C) groups is 1. The van der Waals surface area contributed by atoms with E-state index in [4.69, 9.17) is 9.26 Å². The van der Waals surface area contributed by atoms with E-state index in [0.717, 1.165) is 55.6 Å². The number of ether oxygens (including phenoxy) is 1. The lowest BCUT2D eigenvalue weighted by Gasteiger charge is -2.23. The highest BCUT2D eigenvalue weighted by Gasteiger charge is 2.14. The zero-order valence-corrected chi connectivity index (χ0v) is 15.3. The molecule has 6 nitrogen and oxygen atoms in total. The van der Waals surface area contributed by atoms with Gasteiger partial charge in [-0.25, -0.2) is 0 Å².